The fraction of sp³-hybridized carbons (Fsp3) is 0.250. The fourth-order valence-corrected chi connectivity index (χ4v) is 3.59. The molecule has 1 heterocycles. The molecule has 1 aromatic heterocycles. The lowest BCUT2D eigenvalue weighted by molar-refractivity contribution is -0.150. The third-order valence-corrected chi connectivity index (χ3v) is 5.66. The number of carbonyl (C=O) groups is 3. The van der Waals surface area contributed by atoms with Crippen LogP contribution in [0.4, 0.5) is 10.1 Å². The molecule has 34 heavy (non-hydrogen) atoms. The molecular formula is C24H22FN3O6. The number of amides is 2. The van der Waals surface area contributed by atoms with Gasteiger partial charge >= 0.3 is 5.97 Å². The summed E-state index contributed by atoms with van der Waals surface area (Å²) < 4.78 is 30.6. The number of halogens is 1. The third kappa shape index (κ3) is 4.09. The summed E-state index contributed by atoms with van der Waals surface area (Å²) in [5.74, 6) is -1.73. The number of hydrogen-bond acceptors (Lipinski definition) is 7. The minimum Gasteiger partial charge on any atom is -0.496 e. The van der Waals surface area contributed by atoms with E-state index in [0.717, 1.165) is 6.07 Å². The summed E-state index contributed by atoms with van der Waals surface area (Å²) in [5, 5.41) is 5.58. The second kappa shape index (κ2) is 8.97. The quantitative estimate of drug-likeness (QED) is 0.404. The van der Waals surface area contributed by atoms with E-state index in [1.165, 1.54) is 39.6 Å². The van der Waals surface area contributed by atoms with Crippen molar-refractivity contribution in [2.75, 3.05) is 26.6 Å². The highest BCUT2D eigenvalue weighted by Crippen LogP contribution is 2.47. The van der Waals surface area contributed by atoms with Gasteiger partial charge in [0.1, 0.15) is 16.9 Å². The van der Waals surface area contributed by atoms with Gasteiger partial charge in [-0.2, -0.15) is 0 Å². The molecule has 1 saturated carbocycles. The molecule has 2 N–H and O–H groups in total. The van der Waals surface area contributed by atoms with Crippen LogP contribution in [-0.4, -0.2) is 44.0 Å². The lowest BCUT2D eigenvalue weighted by atomic mass is 10.1. The van der Waals surface area contributed by atoms with Crippen molar-refractivity contribution in [1.82, 2.24) is 10.3 Å². The summed E-state index contributed by atoms with van der Waals surface area (Å²) in [6.07, 6.45) is 2.26. The molecule has 1 fully saturated rings. The first kappa shape index (κ1) is 23.0. The number of pyridine rings is 1. The van der Waals surface area contributed by atoms with Gasteiger partial charge in [-0.25, -0.2) is 4.39 Å². The Hall–Kier alpha value is -4.21. The average Bonchev–Trinajstić information content (AvgIpc) is 3.66. The van der Waals surface area contributed by atoms with Gasteiger partial charge in [0.25, 0.3) is 5.91 Å². The molecule has 10 heteroatoms. The zero-order valence-electron chi connectivity index (χ0n) is 18.7. The lowest BCUT2D eigenvalue weighted by Gasteiger charge is -2.15. The standard InChI is InChI=1S/C24H22FN3O6/c1-26-21(29)15-11-14-17(12-20(15)32-2)27-9-6-18(14)34-19-5-4-13(10-16(19)25)28-22(30)24(7-8-24)23(31)33-3/h4-6,9-12H,7-8H2,1-3H3,(H,26,29)(H,28,30). The van der Waals surface area contributed by atoms with Gasteiger partial charge in [0.2, 0.25) is 5.91 Å². The van der Waals surface area contributed by atoms with E-state index in [-0.39, 0.29) is 28.7 Å². The van der Waals surface area contributed by atoms with Crippen molar-refractivity contribution in [1.29, 1.82) is 0 Å². The van der Waals surface area contributed by atoms with Gasteiger partial charge in [-0.3, -0.25) is 19.4 Å². The lowest BCUT2D eigenvalue weighted by Crippen LogP contribution is -2.32. The van der Waals surface area contributed by atoms with Gasteiger partial charge in [0.15, 0.2) is 11.6 Å². The van der Waals surface area contributed by atoms with Crippen molar-refractivity contribution < 1.29 is 33.0 Å². The van der Waals surface area contributed by atoms with Crippen LogP contribution < -0.4 is 20.1 Å². The highest BCUT2D eigenvalue weighted by molar-refractivity contribution is 6.11. The minimum atomic E-state index is -1.21. The summed E-state index contributed by atoms with van der Waals surface area (Å²) in [4.78, 5) is 40.9. The first-order valence-electron chi connectivity index (χ1n) is 10.4. The second-order valence-corrected chi connectivity index (χ2v) is 7.73. The highest BCUT2D eigenvalue weighted by Gasteiger charge is 2.57. The Kier molecular flexibility index (Phi) is 6.06. The number of nitrogens with one attached hydrogen (secondary N) is 2. The number of nitrogens with zero attached hydrogens (tertiary/aromatic N) is 1. The van der Waals surface area contributed by atoms with E-state index >= 15 is 0 Å². The average molecular weight is 467 g/mol. The van der Waals surface area contributed by atoms with Crippen LogP contribution in [0, 0.1) is 11.2 Å². The maximum absolute atomic E-state index is 14.8. The predicted octanol–water partition coefficient (Wildman–Crippen LogP) is 3.43. The zero-order chi connectivity index (χ0) is 24.5. The number of hydrogen-bond donors (Lipinski definition) is 2. The molecular weight excluding hydrogens is 445 g/mol. The molecule has 2 aromatic carbocycles. The molecule has 0 atom stereocenters. The largest absolute Gasteiger partial charge is 0.496 e. The Balaban J connectivity index is 1.60. The van der Waals surface area contributed by atoms with Crippen molar-refractivity contribution in [2.24, 2.45) is 5.41 Å². The Labute approximate surface area is 194 Å². The number of anilines is 1. The normalized spacial score (nSPS) is 13.6. The smallest absolute Gasteiger partial charge is 0.321 e. The van der Waals surface area contributed by atoms with Crippen LogP contribution in [0.2, 0.25) is 0 Å². The third-order valence-electron chi connectivity index (χ3n) is 5.66. The summed E-state index contributed by atoms with van der Waals surface area (Å²) >= 11 is 0. The van der Waals surface area contributed by atoms with E-state index in [2.05, 4.69) is 15.6 Å². The fourth-order valence-electron chi connectivity index (χ4n) is 3.59. The van der Waals surface area contributed by atoms with Gasteiger partial charge in [-0.1, -0.05) is 0 Å². The van der Waals surface area contributed by atoms with E-state index in [4.69, 9.17) is 14.2 Å². The number of benzene rings is 2. The van der Waals surface area contributed by atoms with Gasteiger partial charge in [-0.05, 0) is 37.1 Å². The molecule has 1 aliphatic carbocycles. The van der Waals surface area contributed by atoms with Gasteiger partial charge in [0.05, 0.1) is 25.3 Å². The molecule has 9 nitrogen and oxygen atoms in total. The van der Waals surface area contributed by atoms with Crippen molar-refractivity contribution in [3.63, 3.8) is 0 Å². The topological polar surface area (TPSA) is 116 Å². The number of ether oxygens (including phenoxy) is 3. The van der Waals surface area contributed by atoms with Crippen LogP contribution in [0.5, 0.6) is 17.2 Å². The predicted molar refractivity (Wildman–Crippen MR) is 120 cm³/mol. The molecule has 0 bridgehead atoms. The molecule has 176 valence electrons. The van der Waals surface area contributed by atoms with Gasteiger partial charge in [0, 0.05) is 36.5 Å². The second-order valence-electron chi connectivity index (χ2n) is 7.73. The van der Waals surface area contributed by atoms with E-state index < -0.39 is 23.1 Å². The molecule has 0 spiro atoms. The SMILES string of the molecule is CNC(=O)c1cc2c(Oc3ccc(NC(=O)C4(C(=O)OC)CC4)cc3F)ccnc2cc1OC. The highest BCUT2D eigenvalue weighted by atomic mass is 19.1. The van der Waals surface area contributed by atoms with Crippen LogP contribution in [0.15, 0.2) is 42.6 Å². The number of carbonyl (C=O) groups excluding carboxylic acids is 3. The van der Waals surface area contributed by atoms with Crippen LogP contribution in [-0.2, 0) is 14.3 Å². The Morgan fingerprint density at radius 2 is 1.79 bits per heavy atom. The van der Waals surface area contributed by atoms with Crippen LogP contribution in [0.3, 0.4) is 0 Å². The van der Waals surface area contributed by atoms with E-state index in [0.29, 0.717) is 29.5 Å². The molecule has 0 aliphatic heterocycles. The molecule has 4 rings (SSSR count). The molecule has 3 aromatic rings. The van der Waals surface area contributed by atoms with E-state index in [1.807, 2.05) is 0 Å². The minimum absolute atomic E-state index is 0.100. The maximum Gasteiger partial charge on any atom is 0.321 e. The number of esters is 1. The molecule has 0 radical (unpaired) electrons. The van der Waals surface area contributed by atoms with E-state index in [1.54, 1.807) is 18.2 Å². The Morgan fingerprint density at radius 1 is 1.03 bits per heavy atom. The number of rotatable bonds is 7. The van der Waals surface area contributed by atoms with Crippen LogP contribution >= 0.6 is 0 Å². The summed E-state index contributed by atoms with van der Waals surface area (Å²) in [6, 6.07) is 8.62. The van der Waals surface area contributed by atoms with E-state index in [9.17, 15) is 18.8 Å². The van der Waals surface area contributed by atoms with Crippen LogP contribution in [0.25, 0.3) is 10.9 Å². The maximum atomic E-state index is 14.8. The molecule has 1 aliphatic rings. The first-order valence-corrected chi connectivity index (χ1v) is 10.4. The summed E-state index contributed by atoms with van der Waals surface area (Å²) in [5.41, 5.74) is -0.270. The first-order chi connectivity index (χ1) is 16.3. The Morgan fingerprint density at radius 3 is 2.41 bits per heavy atom. The summed E-state index contributed by atoms with van der Waals surface area (Å²) in [6.45, 7) is 0. The van der Waals surface area contributed by atoms with Crippen LogP contribution in [0.1, 0.15) is 23.2 Å². The molecule has 0 saturated heterocycles. The zero-order valence-corrected chi connectivity index (χ0v) is 18.7. The summed E-state index contributed by atoms with van der Waals surface area (Å²) in [7, 11) is 4.16. The monoisotopic (exact) mass is 467 g/mol. The number of fused-ring (bicyclic) bond motifs is 1. The van der Waals surface area contributed by atoms with Gasteiger partial charge in [-0.15, -0.1) is 0 Å². The van der Waals surface area contributed by atoms with Crippen molar-refractivity contribution in [3.05, 3.63) is 54.0 Å². The van der Waals surface area contributed by atoms with Crippen molar-refractivity contribution >= 4 is 34.4 Å². The van der Waals surface area contributed by atoms with Crippen molar-refractivity contribution in [3.8, 4) is 17.2 Å². The van der Waals surface area contributed by atoms with Gasteiger partial charge < -0.3 is 24.8 Å². The number of aromatic nitrogens is 1. The molecule has 0 unspecified atom stereocenters. The molecule has 2 amide bonds. The number of methoxy groups -OCH3 is 2. The van der Waals surface area contributed by atoms with Crippen molar-refractivity contribution in [2.45, 2.75) is 12.8 Å². The Bertz CT molecular complexity index is 1310.